The topological polar surface area (TPSA) is 45.3 Å². The normalized spacial score (nSPS) is 15.3. The molecule has 4 rings (SSSR count). The van der Waals surface area contributed by atoms with E-state index in [1.54, 1.807) is 7.11 Å². The van der Waals surface area contributed by atoms with Crippen LogP contribution in [-0.2, 0) is 0 Å². The summed E-state index contributed by atoms with van der Waals surface area (Å²) in [5.41, 5.74) is 5.56. The summed E-state index contributed by atoms with van der Waals surface area (Å²) in [6.07, 6.45) is 4.09. The molecular formula is C23H26N2O2. The van der Waals surface area contributed by atoms with Crippen molar-refractivity contribution in [1.29, 1.82) is 0 Å². The van der Waals surface area contributed by atoms with Crippen LogP contribution in [0.25, 0.3) is 10.9 Å². The maximum atomic E-state index is 12.9. The van der Waals surface area contributed by atoms with E-state index < -0.39 is 0 Å². The van der Waals surface area contributed by atoms with Gasteiger partial charge in [-0.05, 0) is 68.5 Å². The van der Waals surface area contributed by atoms with E-state index in [0.29, 0.717) is 5.92 Å². The molecule has 0 radical (unpaired) electrons. The summed E-state index contributed by atoms with van der Waals surface area (Å²) in [5, 5.41) is 1.23. The molecule has 140 valence electrons. The number of carbonyl (C=O) groups is 1. The number of carbonyl (C=O) groups excluding carboxylic acids is 1. The molecule has 4 nitrogen and oxygen atoms in total. The third-order valence-corrected chi connectivity index (χ3v) is 5.61. The van der Waals surface area contributed by atoms with Gasteiger partial charge in [0.15, 0.2) is 0 Å². The van der Waals surface area contributed by atoms with Gasteiger partial charge in [-0.1, -0.05) is 17.2 Å². The summed E-state index contributed by atoms with van der Waals surface area (Å²) >= 11 is 0. The molecule has 1 fully saturated rings. The van der Waals surface area contributed by atoms with Crippen molar-refractivity contribution >= 4 is 16.8 Å². The zero-order valence-corrected chi connectivity index (χ0v) is 16.2. The van der Waals surface area contributed by atoms with Crippen molar-refractivity contribution < 1.29 is 9.53 Å². The molecule has 2 aromatic carbocycles. The number of hydrogen-bond donors (Lipinski definition) is 1. The fourth-order valence-electron chi connectivity index (χ4n) is 4.26. The number of likely N-dealkylation sites (tertiary alicyclic amines) is 1. The molecule has 2 heterocycles. The Bertz CT molecular complexity index is 961. The van der Waals surface area contributed by atoms with E-state index in [9.17, 15) is 4.79 Å². The molecule has 1 aromatic heterocycles. The first-order valence-electron chi connectivity index (χ1n) is 9.58. The fourth-order valence-corrected chi connectivity index (χ4v) is 4.26. The number of fused-ring (bicyclic) bond motifs is 1. The van der Waals surface area contributed by atoms with Crippen LogP contribution in [0.1, 0.15) is 45.8 Å². The lowest BCUT2D eigenvalue weighted by Crippen LogP contribution is -2.38. The highest BCUT2D eigenvalue weighted by Gasteiger charge is 2.26. The Hall–Kier alpha value is -2.75. The minimum absolute atomic E-state index is 0.154. The Balaban J connectivity index is 1.50. The highest BCUT2D eigenvalue weighted by Crippen LogP contribution is 2.35. The molecule has 0 aliphatic carbocycles. The average molecular weight is 362 g/mol. The largest absolute Gasteiger partial charge is 0.497 e. The van der Waals surface area contributed by atoms with E-state index in [0.717, 1.165) is 53.9 Å². The van der Waals surface area contributed by atoms with Crippen LogP contribution in [0, 0.1) is 13.8 Å². The fraction of sp³-hybridized carbons (Fsp3) is 0.348. The standard InChI is InChI=1S/C23H26N2O2/c1-15-10-16(2)12-18(11-15)23(26)25-8-6-17(7-9-25)21-14-24-22-5-4-19(27-3)13-20(21)22/h4-5,10-14,17,24H,6-9H2,1-3H3. The quantitative estimate of drug-likeness (QED) is 0.726. The van der Waals surface area contributed by atoms with E-state index in [-0.39, 0.29) is 5.91 Å². The molecule has 3 aromatic rings. The van der Waals surface area contributed by atoms with Gasteiger partial charge in [-0.15, -0.1) is 0 Å². The van der Waals surface area contributed by atoms with Crippen molar-refractivity contribution in [2.24, 2.45) is 0 Å². The predicted octanol–water partition coefficient (Wildman–Crippen LogP) is 4.81. The van der Waals surface area contributed by atoms with E-state index >= 15 is 0 Å². The van der Waals surface area contributed by atoms with Crippen LogP contribution in [-0.4, -0.2) is 36.0 Å². The number of hydrogen-bond acceptors (Lipinski definition) is 2. The molecule has 0 atom stereocenters. The lowest BCUT2D eigenvalue weighted by molar-refractivity contribution is 0.0713. The molecule has 0 saturated carbocycles. The molecule has 0 bridgehead atoms. The molecule has 4 heteroatoms. The maximum absolute atomic E-state index is 12.9. The van der Waals surface area contributed by atoms with Crippen LogP contribution < -0.4 is 4.74 Å². The van der Waals surface area contributed by atoms with E-state index in [1.807, 2.05) is 36.9 Å². The number of H-pyrrole nitrogens is 1. The van der Waals surface area contributed by atoms with Crippen LogP contribution in [0.3, 0.4) is 0 Å². The van der Waals surface area contributed by atoms with Gasteiger partial charge in [0, 0.05) is 35.8 Å². The van der Waals surface area contributed by atoms with Gasteiger partial charge < -0.3 is 14.6 Å². The highest BCUT2D eigenvalue weighted by molar-refractivity contribution is 5.94. The highest BCUT2D eigenvalue weighted by atomic mass is 16.5. The number of amides is 1. The summed E-state index contributed by atoms with van der Waals surface area (Å²) in [7, 11) is 1.70. The Morgan fingerprint density at radius 1 is 1.07 bits per heavy atom. The van der Waals surface area contributed by atoms with Crippen molar-refractivity contribution in [1.82, 2.24) is 9.88 Å². The van der Waals surface area contributed by atoms with E-state index in [1.165, 1.54) is 10.9 Å². The molecule has 0 unspecified atom stereocenters. The average Bonchev–Trinajstić information content (AvgIpc) is 3.10. The summed E-state index contributed by atoms with van der Waals surface area (Å²) in [4.78, 5) is 18.3. The summed E-state index contributed by atoms with van der Waals surface area (Å²) < 4.78 is 5.38. The summed E-state index contributed by atoms with van der Waals surface area (Å²) in [6.45, 7) is 5.68. The van der Waals surface area contributed by atoms with Crippen LogP contribution in [0.2, 0.25) is 0 Å². The van der Waals surface area contributed by atoms with Gasteiger partial charge in [0.25, 0.3) is 5.91 Å². The minimum atomic E-state index is 0.154. The number of nitrogens with one attached hydrogen (secondary N) is 1. The molecule has 1 aliphatic rings. The molecule has 1 amide bonds. The second kappa shape index (κ2) is 7.10. The Labute approximate surface area is 160 Å². The number of benzene rings is 2. The SMILES string of the molecule is COc1ccc2[nH]cc(C3CCN(C(=O)c4cc(C)cc(C)c4)CC3)c2c1. The molecule has 1 saturated heterocycles. The minimum Gasteiger partial charge on any atom is -0.497 e. The van der Waals surface area contributed by atoms with Crippen molar-refractivity contribution in [2.75, 3.05) is 20.2 Å². The van der Waals surface area contributed by atoms with Gasteiger partial charge in [0.1, 0.15) is 5.75 Å². The zero-order chi connectivity index (χ0) is 19.0. The van der Waals surface area contributed by atoms with Gasteiger partial charge in [-0.2, -0.15) is 0 Å². The summed E-state index contributed by atoms with van der Waals surface area (Å²) in [5.74, 6) is 1.50. The number of methoxy groups -OCH3 is 1. The number of piperidine rings is 1. The number of aryl methyl sites for hydroxylation is 2. The third-order valence-electron chi connectivity index (χ3n) is 5.61. The third kappa shape index (κ3) is 3.44. The molecule has 1 aliphatic heterocycles. The lowest BCUT2D eigenvalue weighted by Gasteiger charge is -2.32. The summed E-state index contributed by atoms with van der Waals surface area (Å²) in [6, 6.07) is 12.2. The van der Waals surface area contributed by atoms with Crippen LogP contribution in [0.4, 0.5) is 0 Å². The molecular weight excluding hydrogens is 336 g/mol. The number of aromatic amines is 1. The Morgan fingerprint density at radius 3 is 2.44 bits per heavy atom. The van der Waals surface area contributed by atoms with Crippen molar-refractivity contribution in [3.05, 3.63) is 64.8 Å². The molecule has 1 N–H and O–H groups in total. The first-order valence-corrected chi connectivity index (χ1v) is 9.58. The van der Waals surface area contributed by atoms with Crippen molar-refractivity contribution in [3.63, 3.8) is 0 Å². The van der Waals surface area contributed by atoms with Gasteiger partial charge in [0.05, 0.1) is 7.11 Å². The second-order valence-electron chi connectivity index (χ2n) is 7.60. The van der Waals surface area contributed by atoms with Crippen LogP contribution in [0.5, 0.6) is 5.75 Å². The van der Waals surface area contributed by atoms with Crippen LogP contribution in [0.15, 0.2) is 42.6 Å². The maximum Gasteiger partial charge on any atom is 0.253 e. The van der Waals surface area contributed by atoms with Gasteiger partial charge in [0.2, 0.25) is 0 Å². The monoisotopic (exact) mass is 362 g/mol. The molecule has 0 spiro atoms. The lowest BCUT2D eigenvalue weighted by atomic mass is 9.89. The van der Waals surface area contributed by atoms with Gasteiger partial charge in [-0.3, -0.25) is 4.79 Å². The number of ether oxygens (including phenoxy) is 1. The van der Waals surface area contributed by atoms with Crippen LogP contribution >= 0.6 is 0 Å². The second-order valence-corrected chi connectivity index (χ2v) is 7.60. The van der Waals surface area contributed by atoms with Crippen molar-refractivity contribution in [3.8, 4) is 5.75 Å². The number of nitrogens with zero attached hydrogens (tertiary/aromatic N) is 1. The Morgan fingerprint density at radius 2 is 1.78 bits per heavy atom. The first kappa shape index (κ1) is 17.7. The zero-order valence-electron chi connectivity index (χ0n) is 16.2. The van der Waals surface area contributed by atoms with E-state index in [4.69, 9.17) is 4.74 Å². The van der Waals surface area contributed by atoms with E-state index in [2.05, 4.69) is 29.4 Å². The first-order chi connectivity index (χ1) is 13.0. The smallest absolute Gasteiger partial charge is 0.253 e. The van der Waals surface area contributed by atoms with Gasteiger partial charge >= 0.3 is 0 Å². The Kier molecular flexibility index (Phi) is 4.65. The van der Waals surface area contributed by atoms with Crippen molar-refractivity contribution in [2.45, 2.75) is 32.6 Å². The predicted molar refractivity (Wildman–Crippen MR) is 109 cm³/mol. The number of aromatic nitrogens is 1. The number of rotatable bonds is 3. The van der Waals surface area contributed by atoms with Gasteiger partial charge in [-0.25, -0.2) is 0 Å². The molecule has 27 heavy (non-hydrogen) atoms.